The number of nitrogens with one attached hydrogen (secondary N) is 1. The lowest BCUT2D eigenvalue weighted by molar-refractivity contribution is 0.0828. The first-order valence-corrected chi connectivity index (χ1v) is 9.88. The van der Waals surface area contributed by atoms with Crippen molar-refractivity contribution in [1.29, 1.82) is 0 Å². The zero-order chi connectivity index (χ0) is 20.3. The second-order valence-electron chi connectivity index (χ2n) is 8.16. The van der Waals surface area contributed by atoms with Gasteiger partial charge in [0.2, 0.25) is 0 Å². The average molecular weight is 378 g/mol. The van der Waals surface area contributed by atoms with E-state index in [2.05, 4.69) is 69.9 Å². The predicted octanol–water partition coefficient (Wildman–Crippen LogP) is 6.18. The first-order valence-electron chi connectivity index (χ1n) is 9.88. The lowest BCUT2D eigenvalue weighted by Crippen LogP contribution is -2.35. The molecule has 3 rings (SSSR count). The Hall–Kier alpha value is -2.52. The van der Waals surface area contributed by atoms with Crippen LogP contribution in [-0.2, 0) is 4.74 Å². The first-order chi connectivity index (χ1) is 13.4. The second kappa shape index (κ2) is 8.24. The summed E-state index contributed by atoms with van der Waals surface area (Å²) < 4.78 is 11.8. The Kier molecular flexibility index (Phi) is 5.95. The molecule has 0 radical (unpaired) electrons. The number of benzene rings is 2. The van der Waals surface area contributed by atoms with Gasteiger partial charge in [-0.25, -0.2) is 0 Å². The van der Waals surface area contributed by atoms with Crippen molar-refractivity contribution in [2.75, 3.05) is 19.0 Å². The lowest BCUT2D eigenvalue weighted by Gasteiger charge is -2.37. The lowest BCUT2D eigenvalue weighted by atomic mass is 9.82. The fourth-order valence-corrected chi connectivity index (χ4v) is 3.89. The van der Waals surface area contributed by atoms with E-state index >= 15 is 0 Å². The van der Waals surface area contributed by atoms with Crippen molar-refractivity contribution in [1.82, 2.24) is 0 Å². The molecule has 1 N–H and O–H groups in total. The van der Waals surface area contributed by atoms with Gasteiger partial charge in [-0.05, 0) is 31.4 Å². The largest absolute Gasteiger partial charge is 0.496 e. The van der Waals surface area contributed by atoms with E-state index in [1.54, 1.807) is 7.11 Å². The molecular weight excluding hydrogens is 346 g/mol. The summed E-state index contributed by atoms with van der Waals surface area (Å²) in [7, 11) is 1.72. The number of methoxy groups -OCH3 is 1. The standard InChI is InChI=1S/C25H31NO2/c1-7-15-28-24(17(2)3)21-16-25(4,5)26-23-19(12-10-13-20(21)23)18-11-8-9-14-22(18)27-6/h7-14,16-17,24,26H,1,15H2,2-6H3. The van der Waals surface area contributed by atoms with Gasteiger partial charge in [-0.15, -0.1) is 6.58 Å². The Bertz CT molecular complexity index is 880. The van der Waals surface area contributed by atoms with Gasteiger partial charge in [0, 0.05) is 16.7 Å². The number of ether oxygens (including phenoxy) is 2. The summed E-state index contributed by atoms with van der Waals surface area (Å²) in [6.07, 6.45) is 4.12. The van der Waals surface area contributed by atoms with E-state index in [0.29, 0.717) is 12.5 Å². The number of hydrogen-bond acceptors (Lipinski definition) is 3. The van der Waals surface area contributed by atoms with Crippen LogP contribution in [0, 0.1) is 5.92 Å². The monoisotopic (exact) mass is 377 g/mol. The van der Waals surface area contributed by atoms with Gasteiger partial charge in [0.25, 0.3) is 0 Å². The Balaban J connectivity index is 2.18. The summed E-state index contributed by atoms with van der Waals surface area (Å²) in [6.45, 7) is 13.1. The molecule has 0 saturated heterocycles. The van der Waals surface area contributed by atoms with Gasteiger partial charge in [-0.2, -0.15) is 0 Å². The summed E-state index contributed by atoms with van der Waals surface area (Å²) in [6, 6.07) is 14.6. The molecule has 2 aromatic rings. The number of anilines is 1. The van der Waals surface area contributed by atoms with Crippen LogP contribution in [0.1, 0.15) is 33.3 Å². The van der Waals surface area contributed by atoms with E-state index < -0.39 is 0 Å². The molecule has 1 atom stereocenters. The number of fused-ring (bicyclic) bond motifs is 1. The molecule has 0 fully saturated rings. The predicted molar refractivity (Wildman–Crippen MR) is 119 cm³/mol. The van der Waals surface area contributed by atoms with Crippen LogP contribution >= 0.6 is 0 Å². The number of para-hydroxylation sites is 2. The molecule has 1 aliphatic rings. The van der Waals surface area contributed by atoms with Gasteiger partial charge >= 0.3 is 0 Å². The average Bonchev–Trinajstić information content (AvgIpc) is 2.66. The van der Waals surface area contributed by atoms with Crippen molar-refractivity contribution in [3.05, 3.63) is 66.8 Å². The van der Waals surface area contributed by atoms with Gasteiger partial charge in [0.05, 0.1) is 31.0 Å². The molecule has 1 aliphatic heterocycles. The normalized spacial score (nSPS) is 16.0. The van der Waals surface area contributed by atoms with E-state index in [0.717, 1.165) is 22.6 Å². The minimum absolute atomic E-state index is 0.00560. The molecule has 1 heterocycles. The molecular formula is C25H31NO2. The smallest absolute Gasteiger partial charge is 0.126 e. The van der Waals surface area contributed by atoms with Crippen LogP contribution in [0.2, 0.25) is 0 Å². The maximum absolute atomic E-state index is 6.19. The highest BCUT2D eigenvalue weighted by Gasteiger charge is 2.32. The first kappa shape index (κ1) is 20.2. The number of rotatable bonds is 7. The zero-order valence-electron chi connectivity index (χ0n) is 17.6. The summed E-state index contributed by atoms with van der Waals surface area (Å²) >= 11 is 0. The molecule has 0 saturated carbocycles. The summed E-state index contributed by atoms with van der Waals surface area (Å²) in [5.74, 6) is 1.22. The molecule has 3 nitrogen and oxygen atoms in total. The molecule has 0 aliphatic carbocycles. The summed E-state index contributed by atoms with van der Waals surface area (Å²) in [5, 5.41) is 3.73. The maximum Gasteiger partial charge on any atom is 0.126 e. The quantitative estimate of drug-likeness (QED) is 0.585. The SMILES string of the molecule is C=CCOC(C1=CC(C)(C)Nc2c1cccc2-c1ccccc1OC)C(C)C. The van der Waals surface area contributed by atoms with Crippen molar-refractivity contribution in [2.45, 2.75) is 39.3 Å². The third-order valence-corrected chi connectivity index (χ3v) is 5.04. The minimum Gasteiger partial charge on any atom is -0.496 e. The van der Waals surface area contributed by atoms with Crippen molar-refractivity contribution >= 4 is 11.3 Å². The van der Waals surface area contributed by atoms with Crippen LogP contribution < -0.4 is 10.1 Å². The van der Waals surface area contributed by atoms with Gasteiger partial charge in [0.1, 0.15) is 5.75 Å². The van der Waals surface area contributed by atoms with Crippen molar-refractivity contribution in [2.24, 2.45) is 5.92 Å². The van der Waals surface area contributed by atoms with Crippen molar-refractivity contribution in [3.8, 4) is 16.9 Å². The van der Waals surface area contributed by atoms with E-state index in [-0.39, 0.29) is 11.6 Å². The maximum atomic E-state index is 6.19. The van der Waals surface area contributed by atoms with E-state index in [9.17, 15) is 0 Å². The molecule has 28 heavy (non-hydrogen) atoms. The Morgan fingerprint density at radius 2 is 1.71 bits per heavy atom. The Labute approximate surface area is 169 Å². The van der Waals surface area contributed by atoms with Gasteiger partial charge in [0.15, 0.2) is 0 Å². The molecule has 0 spiro atoms. The van der Waals surface area contributed by atoms with Crippen LogP contribution in [-0.4, -0.2) is 25.4 Å². The Morgan fingerprint density at radius 3 is 2.39 bits per heavy atom. The van der Waals surface area contributed by atoms with Crippen molar-refractivity contribution in [3.63, 3.8) is 0 Å². The van der Waals surface area contributed by atoms with Crippen molar-refractivity contribution < 1.29 is 9.47 Å². The summed E-state index contributed by atoms with van der Waals surface area (Å²) in [4.78, 5) is 0. The van der Waals surface area contributed by atoms with Crippen LogP contribution in [0.25, 0.3) is 16.7 Å². The highest BCUT2D eigenvalue weighted by atomic mass is 16.5. The topological polar surface area (TPSA) is 30.5 Å². The van der Waals surface area contributed by atoms with E-state index in [4.69, 9.17) is 9.47 Å². The Morgan fingerprint density at radius 1 is 1.04 bits per heavy atom. The van der Waals surface area contributed by atoms with Gasteiger partial charge < -0.3 is 14.8 Å². The van der Waals surface area contributed by atoms with E-state index in [1.165, 1.54) is 11.1 Å². The fraction of sp³-hybridized carbons (Fsp3) is 0.360. The van der Waals surface area contributed by atoms with Gasteiger partial charge in [-0.1, -0.05) is 62.4 Å². The van der Waals surface area contributed by atoms with Gasteiger partial charge in [-0.3, -0.25) is 0 Å². The van der Waals surface area contributed by atoms with Crippen LogP contribution in [0.5, 0.6) is 5.75 Å². The highest BCUT2D eigenvalue weighted by Crippen LogP contribution is 2.45. The summed E-state index contributed by atoms with van der Waals surface area (Å²) in [5.41, 5.74) is 5.57. The minimum atomic E-state index is -0.189. The molecule has 0 aromatic heterocycles. The van der Waals surface area contributed by atoms with Crippen LogP contribution in [0.3, 0.4) is 0 Å². The molecule has 1 unspecified atom stereocenters. The number of hydrogen-bond donors (Lipinski definition) is 1. The van der Waals surface area contributed by atoms with Crippen LogP contribution in [0.15, 0.2) is 61.2 Å². The third-order valence-electron chi connectivity index (χ3n) is 5.04. The van der Waals surface area contributed by atoms with E-state index in [1.807, 2.05) is 24.3 Å². The molecule has 0 bridgehead atoms. The molecule has 2 aromatic carbocycles. The van der Waals surface area contributed by atoms with Crippen LogP contribution in [0.4, 0.5) is 5.69 Å². The molecule has 3 heteroatoms. The second-order valence-corrected chi connectivity index (χ2v) is 8.16. The zero-order valence-corrected chi connectivity index (χ0v) is 17.6. The molecule has 148 valence electrons. The fourth-order valence-electron chi connectivity index (χ4n) is 3.89. The highest BCUT2D eigenvalue weighted by molar-refractivity contribution is 5.93. The third kappa shape index (κ3) is 4.00. The molecule has 0 amide bonds.